The highest BCUT2D eigenvalue weighted by molar-refractivity contribution is 6.17. The van der Waals surface area contributed by atoms with E-state index < -0.39 is 0 Å². The Balaban J connectivity index is 1.56. The van der Waals surface area contributed by atoms with Crippen LogP contribution in [0, 0.1) is 11.8 Å². The molecule has 0 heterocycles. The largest absolute Gasteiger partial charge is 0.347 e. The average molecular weight is 319 g/mol. The summed E-state index contributed by atoms with van der Waals surface area (Å²) < 4.78 is 0. The van der Waals surface area contributed by atoms with Crippen molar-refractivity contribution in [2.75, 3.05) is 0 Å². The van der Waals surface area contributed by atoms with Crippen LogP contribution in [-0.4, -0.2) is 17.0 Å². The molecule has 0 spiro atoms. The maximum atomic E-state index is 12.7. The van der Waals surface area contributed by atoms with Gasteiger partial charge in [0.15, 0.2) is 0 Å². The highest BCUT2D eigenvalue weighted by atomic mass is 35.5. The number of alkyl halides is 1. The lowest BCUT2D eigenvalue weighted by atomic mass is 9.50. The monoisotopic (exact) mass is 318 g/mol. The minimum Gasteiger partial charge on any atom is -0.347 e. The zero-order chi connectivity index (χ0) is 15.4. The van der Waals surface area contributed by atoms with Crippen molar-refractivity contribution in [2.45, 2.75) is 55.5 Å². The van der Waals surface area contributed by atoms with E-state index in [1.807, 2.05) is 24.3 Å². The maximum absolute atomic E-state index is 12.7. The third-order valence-electron chi connectivity index (χ3n) is 5.83. The standard InChI is InChI=1S/C18H23ClN2O/c19-10-12-2-1-3-15(5-12)16(22)21-18-8-13-4-14(9-18)7-17(20,6-13)11-18/h1-3,5,13-14H,4,6-11,20H2,(H,21,22). The Morgan fingerprint density at radius 1 is 1.27 bits per heavy atom. The van der Waals surface area contributed by atoms with Crippen LogP contribution in [0.5, 0.6) is 0 Å². The van der Waals surface area contributed by atoms with Crippen molar-refractivity contribution in [3.63, 3.8) is 0 Å². The molecule has 0 aromatic heterocycles. The van der Waals surface area contributed by atoms with Crippen LogP contribution in [0.2, 0.25) is 0 Å². The molecule has 5 rings (SSSR count). The maximum Gasteiger partial charge on any atom is 0.251 e. The van der Waals surface area contributed by atoms with Gasteiger partial charge in [-0.1, -0.05) is 12.1 Å². The van der Waals surface area contributed by atoms with Crippen LogP contribution in [0.1, 0.15) is 54.4 Å². The number of rotatable bonds is 3. The number of halogens is 1. The smallest absolute Gasteiger partial charge is 0.251 e. The summed E-state index contributed by atoms with van der Waals surface area (Å²) >= 11 is 5.87. The third-order valence-corrected chi connectivity index (χ3v) is 6.14. The molecule has 4 saturated carbocycles. The fourth-order valence-electron chi connectivity index (χ4n) is 5.59. The molecule has 3 nitrogen and oxygen atoms in total. The summed E-state index contributed by atoms with van der Waals surface area (Å²) in [5.74, 6) is 1.85. The van der Waals surface area contributed by atoms with Crippen LogP contribution in [0.3, 0.4) is 0 Å². The molecule has 0 aliphatic heterocycles. The van der Waals surface area contributed by atoms with E-state index >= 15 is 0 Å². The molecule has 4 aliphatic rings. The van der Waals surface area contributed by atoms with Crippen LogP contribution in [0.15, 0.2) is 24.3 Å². The normalized spacial score (nSPS) is 39.0. The van der Waals surface area contributed by atoms with E-state index in [0.29, 0.717) is 23.3 Å². The second-order valence-electron chi connectivity index (χ2n) is 7.89. The first-order chi connectivity index (χ1) is 10.5. The minimum absolute atomic E-state index is 0.0255. The molecule has 0 radical (unpaired) electrons. The van der Waals surface area contributed by atoms with Gasteiger partial charge in [-0.15, -0.1) is 11.6 Å². The molecule has 1 aromatic rings. The molecule has 118 valence electrons. The van der Waals surface area contributed by atoms with Gasteiger partial charge in [0.05, 0.1) is 0 Å². The van der Waals surface area contributed by atoms with Crippen LogP contribution in [0.4, 0.5) is 0 Å². The summed E-state index contributed by atoms with van der Waals surface area (Å²) in [4.78, 5) is 12.7. The molecule has 4 bridgehead atoms. The molecule has 1 aromatic carbocycles. The molecule has 2 unspecified atom stereocenters. The number of hydrogen-bond donors (Lipinski definition) is 2. The van der Waals surface area contributed by atoms with Crippen molar-refractivity contribution in [1.82, 2.24) is 5.32 Å². The lowest BCUT2D eigenvalue weighted by Crippen LogP contribution is -2.68. The number of benzene rings is 1. The summed E-state index contributed by atoms with van der Waals surface area (Å²) in [5, 5.41) is 3.36. The molecule has 1 amide bonds. The van der Waals surface area contributed by atoms with Crippen molar-refractivity contribution in [3.05, 3.63) is 35.4 Å². The Kier molecular flexibility index (Phi) is 3.28. The number of nitrogens with two attached hydrogens (primary N) is 1. The Bertz CT molecular complexity index is 601. The van der Waals surface area contributed by atoms with Crippen molar-refractivity contribution in [3.8, 4) is 0 Å². The Hall–Kier alpha value is -1.06. The molecule has 0 saturated heterocycles. The fourth-order valence-corrected chi connectivity index (χ4v) is 5.75. The molecule has 22 heavy (non-hydrogen) atoms. The lowest BCUT2D eigenvalue weighted by Gasteiger charge is -2.61. The second kappa shape index (κ2) is 4.97. The van der Waals surface area contributed by atoms with E-state index in [0.717, 1.165) is 37.7 Å². The van der Waals surface area contributed by atoms with E-state index in [1.165, 1.54) is 6.42 Å². The van der Waals surface area contributed by atoms with Crippen molar-refractivity contribution < 1.29 is 4.79 Å². The number of carbonyl (C=O) groups is 1. The van der Waals surface area contributed by atoms with Gasteiger partial charge in [-0.05, 0) is 68.1 Å². The van der Waals surface area contributed by atoms with Gasteiger partial charge in [-0.3, -0.25) is 4.79 Å². The van der Waals surface area contributed by atoms with Gasteiger partial charge in [0, 0.05) is 22.5 Å². The van der Waals surface area contributed by atoms with Gasteiger partial charge < -0.3 is 11.1 Å². The molecular weight excluding hydrogens is 296 g/mol. The van der Waals surface area contributed by atoms with Crippen molar-refractivity contribution in [2.24, 2.45) is 17.6 Å². The van der Waals surface area contributed by atoms with Crippen molar-refractivity contribution in [1.29, 1.82) is 0 Å². The summed E-state index contributed by atoms with van der Waals surface area (Å²) in [5.41, 5.74) is 8.16. The predicted octanol–water partition coefficient (Wildman–Crippen LogP) is 3.21. The van der Waals surface area contributed by atoms with E-state index in [-0.39, 0.29) is 17.0 Å². The van der Waals surface area contributed by atoms with Gasteiger partial charge in [-0.2, -0.15) is 0 Å². The quantitative estimate of drug-likeness (QED) is 0.841. The summed E-state index contributed by atoms with van der Waals surface area (Å²) in [6.07, 6.45) is 6.73. The molecule has 4 heteroatoms. The minimum atomic E-state index is -0.0765. The molecular formula is C18H23ClN2O. The molecule has 3 N–H and O–H groups in total. The second-order valence-corrected chi connectivity index (χ2v) is 8.16. The Morgan fingerprint density at radius 2 is 2.00 bits per heavy atom. The van der Waals surface area contributed by atoms with Gasteiger partial charge >= 0.3 is 0 Å². The summed E-state index contributed by atoms with van der Waals surface area (Å²) in [7, 11) is 0. The van der Waals surface area contributed by atoms with Crippen molar-refractivity contribution >= 4 is 17.5 Å². The summed E-state index contributed by atoms with van der Waals surface area (Å²) in [6.45, 7) is 0. The lowest BCUT2D eigenvalue weighted by molar-refractivity contribution is -0.0320. The highest BCUT2D eigenvalue weighted by Crippen LogP contribution is 2.56. The average Bonchev–Trinajstić information content (AvgIpc) is 2.44. The number of amides is 1. The highest BCUT2D eigenvalue weighted by Gasteiger charge is 2.56. The predicted molar refractivity (Wildman–Crippen MR) is 87.8 cm³/mol. The van der Waals surface area contributed by atoms with E-state index in [9.17, 15) is 4.79 Å². The van der Waals surface area contributed by atoms with Crippen LogP contribution < -0.4 is 11.1 Å². The van der Waals surface area contributed by atoms with Gasteiger partial charge in [0.2, 0.25) is 0 Å². The van der Waals surface area contributed by atoms with Crippen LogP contribution in [0.25, 0.3) is 0 Å². The summed E-state index contributed by atoms with van der Waals surface area (Å²) in [6, 6.07) is 7.60. The first kappa shape index (κ1) is 14.5. The Labute approximate surface area is 136 Å². The first-order valence-electron chi connectivity index (χ1n) is 8.26. The van der Waals surface area contributed by atoms with Crippen LogP contribution >= 0.6 is 11.6 Å². The zero-order valence-electron chi connectivity index (χ0n) is 12.8. The number of hydrogen-bond acceptors (Lipinski definition) is 2. The first-order valence-corrected chi connectivity index (χ1v) is 8.79. The van der Waals surface area contributed by atoms with Gasteiger partial charge in [0.1, 0.15) is 0 Å². The number of nitrogens with one attached hydrogen (secondary N) is 1. The van der Waals surface area contributed by atoms with Gasteiger partial charge in [-0.25, -0.2) is 0 Å². The number of carbonyl (C=O) groups excluding carboxylic acids is 1. The molecule has 2 atom stereocenters. The van der Waals surface area contributed by atoms with Crippen LogP contribution in [-0.2, 0) is 5.88 Å². The van der Waals surface area contributed by atoms with E-state index in [4.69, 9.17) is 17.3 Å². The zero-order valence-corrected chi connectivity index (χ0v) is 13.5. The van der Waals surface area contributed by atoms with E-state index in [2.05, 4.69) is 5.32 Å². The topological polar surface area (TPSA) is 55.1 Å². The molecule has 4 fully saturated rings. The van der Waals surface area contributed by atoms with E-state index in [1.54, 1.807) is 0 Å². The SMILES string of the molecule is NC12CC3CC(C1)CC(NC(=O)c1cccc(CCl)c1)(C3)C2. The Morgan fingerprint density at radius 3 is 2.64 bits per heavy atom. The van der Waals surface area contributed by atoms with Gasteiger partial charge in [0.25, 0.3) is 5.91 Å². The fraction of sp³-hybridized carbons (Fsp3) is 0.611. The third kappa shape index (κ3) is 2.44. The molecule has 4 aliphatic carbocycles.